The van der Waals surface area contributed by atoms with Gasteiger partial charge in [0.2, 0.25) is 5.88 Å². The minimum atomic E-state index is -2.38. The minimum absolute atomic E-state index is 0.0557. The van der Waals surface area contributed by atoms with E-state index in [2.05, 4.69) is 16.2 Å². The van der Waals surface area contributed by atoms with Gasteiger partial charge in [-0.15, -0.1) is 0 Å². The second kappa shape index (κ2) is 9.50. The third kappa shape index (κ3) is 4.78. The van der Waals surface area contributed by atoms with E-state index in [-0.39, 0.29) is 18.3 Å². The first-order valence-electron chi connectivity index (χ1n) is 10.7. The summed E-state index contributed by atoms with van der Waals surface area (Å²) in [5.74, 6) is 0.0958. The van der Waals surface area contributed by atoms with E-state index in [1.807, 2.05) is 13.0 Å². The van der Waals surface area contributed by atoms with E-state index < -0.39 is 6.43 Å². The standard InChI is InChI=1S/C23H24F2N6O2/c1-15-10-16(11-26)2-4-18(15)19-13-28-31(23(19)33)21-5-3-17(12-27-21)22(32)30-8-6-29(7-9-30)14-20(24)25/h3,5,10,12-13,20,33H,2,4,6-9,14H2,1H3. The first-order valence-corrected chi connectivity index (χ1v) is 10.7. The molecular weight excluding hydrogens is 430 g/mol. The van der Waals surface area contributed by atoms with E-state index in [0.717, 1.165) is 11.1 Å². The lowest BCUT2D eigenvalue weighted by molar-refractivity contribution is 0.0458. The summed E-state index contributed by atoms with van der Waals surface area (Å²) in [6.07, 6.45) is 3.68. The van der Waals surface area contributed by atoms with Gasteiger partial charge < -0.3 is 10.0 Å². The highest BCUT2D eigenvalue weighted by Crippen LogP contribution is 2.36. The zero-order chi connectivity index (χ0) is 23.5. The van der Waals surface area contributed by atoms with E-state index in [1.165, 1.54) is 10.9 Å². The molecule has 1 aliphatic heterocycles. The minimum Gasteiger partial charge on any atom is -0.493 e. The van der Waals surface area contributed by atoms with Gasteiger partial charge in [0, 0.05) is 37.9 Å². The molecule has 33 heavy (non-hydrogen) atoms. The maximum absolute atomic E-state index is 12.8. The van der Waals surface area contributed by atoms with Crippen LogP contribution in [0, 0.1) is 11.3 Å². The number of carbonyl (C=O) groups is 1. The van der Waals surface area contributed by atoms with Gasteiger partial charge in [0.1, 0.15) is 0 Å². The van der Waals surface area contributed by atoms with E-state index in [9.17, 15) is 18.7 Å². The Labute approximate surface area is 190 Å². The molecular formula is C23H24F2N6O2. The van der Waals surface area contributed by atoms with Gasteiger partial charge in [-0.25, -0.2) is 13.8 Å². The molecule has 0 spiro atoms. The highest BCUT2D eigenvalue weighted by molar-refractivity contribution is 5.94. The fraction of sp³-hybridized carbons (Fsp3) is 0.391. The highest BCUT2D eigenvalue weighted by atomic mass is 19.3. The van der Waals surface area contributed by atoms with Crippen LogP contribution in [-0.2, 0) is 0 Å². The van der Waals surface area contributed by atoms with E-state index in [4.69, 9.17) is 5.26 Å². The van der Waals surface area contributed by atoms with Crippen molar-refractivity contribution in [1.82, 2.24) is 24.6 Å². The van der Waals surface area contributed by atoms with Crippen molar-refractivity contribution in [3.8, 4) is 17.8 Å². The van der Waals surface area contributed by atoms with Crippen LogP contribution in [0.25, 0.3) is 11.4 Å². The molecule has 0 atom stereocenters. The summed E-state index contributed by atoms with van der Waals surface area (Å²) < 4.78 is 26.4. The predicted octanol–water partition coefficient (Wildman–Crippen LogP) is 3.01. The number of amides is 1. The van der Waals surface area contributed by atoms with Crippen LogP contribution in [0.5, 0.6) is 5.88 Å². The quantitative estimate of drug-likeness (QED) is 0.746. The number of carbonyl (C=O) groups excluding carboxylic acids is 1. The van der Waals surface area contributed by atoms with Crippen LogP contribution in [0.4, 0.5) is 8.78 Å². The van der Waals surface area contributed by atoms with Crippen molar-refractivity contribution >= 4 is 11.5 Å². The van der Waals surface area contributed by atoms with Crippen LogP contribution in [0.15, 0.2) is 41.7 Å². The van der Waals surface area contributed by atoms with Crippen LogP contribution in [0.1, 0.15) is 35.7 Å². The second-order valence-corrected chi connectivity index (χ2v) is 8.13. The van der Waals surface area contributed by atoms with Gasteiger partial charge in [-0.1, -0.05) is 0 Å². The van der Waals surface area contributed by atoms with Crippen molar-refractivity contribution in [1.29, 1.82) is 5.26 Å². The molecule has 1 aliphatic carbocycles. The number of hydrogen-bond acceptors (Lipinski definition) is 6. The summed E-state index contributed by atoms with van der Waals surface area (Å²) in [4.78, 5) is 20.3. The van der Waals surface area contributed by atoms with Crippen LogP contribution in [0.3, 0.4) is 0 Å². The molecule has 1 fully saturated rings. The Morgan fingerprint density at radius 2 is 1.97 bits per heavy atom. The van der Waals surface area contributed by atoms with Gasteiger partial charge in [0.05, 0.1) is 29.9 Å². The van der Waals surface area contributed by atoms with Crippen molar-refractivity contribution in [3.05, 3.63) is 52.9 Å². The Bertz CT molecular complexity index is 1140. The van der Waals surface area contributed by atoms with Crippen molar-refractivity contribution in [2.24, 2.45) is 0 Å². The smallest absolute Gasteiger partial charge is 0.255 e. The van der Waals surface area contributed by atoms with E-state index in [1.54, 1.807) is 28.1 Å². The third-order valence-corrected chi connectivity index (χ3v) is 5.99. The molecule has 1 amide bonds. The summed E-state index contributed by atoms with van der Waals surface area (Å²) >= 11 is 0. The molecule has 0 bridgehead atoms. The fourth-order valence-electron chi connectivity index (χ4n) is 4.18. The average molecular weight is 454 g/mol. The fourth-order valence-corrected chi connectivity index (χ4v) is 4.18. The summed E-state index contributed by atoms with van der Waals surface area (Å²) in [7, 11) is 0. The molecule has 2 aromatic heterocycles. The molecule has 0 unspecified atom stereocenters. The molecule has 0 saturated carbocycles. The zero-order valence-electron chi connectivity index (χ0n) is 18.2. The number of hydrogen-bond donors (Lipinski definition) is 1. The number of nitriles is 1. The maximum Gasteiger partial charge on any atom is 0.255 e. The van der Waals surface area contributed by atoms with E-state index in [0.29, 0.717) is 61.5 Å². The number of rotatable bonds is 5. The van der Waals surface area contributed by atoms with Crippen molar-refractivity contribution in [2.45, 2.75) is 26.2 Å². The third-order valence-electron chi connectivity index (χ3n) is 5.99. The lowest BCUT2D eigenvalue weighted by atomic mass is 9.90. The SMILES string of the molecule is CC1=C(c2cnn(-c3ccc(C(=O)N4CCN(CC(F)F)CC4)cn3)c2O)CCC(C#N)=C1. The van der Waals surface area contributed by atoms with Crippen LogP contribution in [-0.4, -0.2) is 74.7 Å². The largest absolute Gasteiger partial charge is 0.493 e. The Hall–Kier alpha value is -3.58. The van der Waals surface area contributed by atoms with Gasteiger partial charge >= 0.3 is 0 Å². The molecule has 8 nitrogen and oxygen atoms in total. The number of piperazine rings is 1. The number of alkyl halides is 2. The van der Waals surface area contributed by atoms with Gasteiger partial charge in [0.25, 0.3) is 12.3 Å². The molecule has 2 aliphatic rings. The maximum atomic E-state index is 12.8. The van der Waals surface area contributed by atoms with Gasteiger partial charge in [-0.3, -0.25) is 9.69 Å². The highest BCUT2D eigenvalue weighted by Gasteiger charge is 2.24. The molecule has 10 heteroatoms. The number of pyridine rings is 1. The number of aromatic nitrogens is 3. The Morgan fingerprint density at radius 1 is 1.21 bits per heavy atom. The summed E-state index contributed by atoms with van der Waals surface area (Å²) in [5, 5.41) is 24.1. The molecule has 1 saturated heterocycles. The monoisotopic (exact) mass is 454 g/mol. The van der Waals surface area contributed by atoms with Gasteiger partial charge in [0.15, 0.2) is 5.82 Å². The van der Waals surface area contributed by atoms with Crippen molar-refractivity contribution in [3.63, 3.8) is 0 Å². The average Bonchev–Trinajstić information content (AvgIpc) is 3.19. The first-order chi connectivity index (χ1) is 15.9. The first kappa shape index (κ1) is 22.6. The normalized spacial score (nSPS) is 17.3. The molecule has 0 aromatic carbocycles. The van der Waals surface area contributed by atoms with Crippen LogP contribution < -0.4 is 0 Å². The summed E-state index contributed by atoms with van der Waals surface area (Å²) in [6.45, 7) is 3.20. The topological polar surface area (TPSA) is 98.3 Å². The van der Waals surface area contributed by atoms with Crippen molar-refractivity contribution < 1.29 is 18.7 Å². The number of nitrogens with zero attached hydrogens (tertiary/aromatic N) is 6. The number of allylic oxidation sites excluding steroid dienone is 4. The number of halogens is 2. The Kier molecular flexibility index (Phi) is 6.51. The molecule has 1 N–H and O–H groups in total. The van der Waals surface area contributed by atoms with E-state index >= 15 is 0 Å². The molecule has 0 radical (unpaired) electrons. The summed E-state index contributed by atoms with van der Waals surface area (Å²) in [6, 6.07) is 5.39. The predicted molar refractivity (Wildman–Crippen MR) is 117 cm³/mol. The molecule has 3 heterocycles. The Morgan fingerprint density at radius 3 is 2.58 bits per heavy atom. The number of aromatic hydroxyl groups is 1. The lowest BCUT2D eigenvalue weighted by Gasteiger charge is -2.34. The summed E-state index contributed by atoms with van der Waals surface area (Å²) in [5.41, 5.74) is 3.52. The van der Waals surface area contributed by atoms with Gasteiger partial charge in [-0.05, 0) is 49.1 Å². The van der Waals surface area contributed by atoms with Gasteiger partial charge in [-0.2, -0.15) is 15.0 Å². The molecule has 172 valence electrons. The Balaban J connectivity index is 1.47. The van der Waals surface area contributed by atoms with Crippen LogP contribution in [0.2, 0.25) is 0 Å². The second-order valence-electron chi connectivity index (χ2n) is 8.13. The lowest BCUT2D eigenvalue weighted by Crippen LogP contribution is -2.49. The molecule has 2 aromatic rings. The van der Waals surface area contributed by atoms with Crippen LogP contribution >= 0.6 is 0 Å². The molecule has 4 rings (SSSR count). The zero-order valence-corrected chi connectivity index (χ0v) is 18.2. The van der Waals surface area contributed by atoms with Crippen molar-refractivity contribution in [2.75, 3.05) is 32.7 Å².